The third-order valence-electron chi connectivity index (χ3n) is 2.76. The molecule has 2 nitrogen and oxygen atoms in total. The molecule has 1 saturated heterocycles. The van der Waals surface area contributed by atoms with Crippen LogP contribution in [0.5, 0.6) is 0 Å². The number of ketones is 1. The Hall–Kier alpha value is -1.15. The highest BCUT2D eigenvalue weighted by atomic mass is 16.1. The van der Waals surface area contributed by atoms with Crippen LogP contribution in [0.3, 0.4) is 0 Å². The van der Waals surface area contributed by atoms with E-state index in [2.05, 4.69) is 42.2 Å². The normalized spacial score (nSPS) is 17.8. The van der Waals surface area contributed by atoms with E-state index in [9.17, 15) is 4.79 Å². The van der Waals surface area contributed by atoms with Crippen molar-refractivity contribution in [3.05, 3.63) is 35.9 Å². The number of rotatable bonds is 2. The van der Waals surface area contributed by atoms with E-state index in [1.54, 1.807) is 0 Å². The van der Waals surface area contributed by atoms with Crippen molar-refractivity contribution in [1.29, 1.82) is 0 Å². The van der Waals surface area contributed by atoms with Crippen LogP contribution < -0.4 is 0 Å². The van der Waals surface area contributed by atoms with Gasteiger partial charge in [-0.15, -0.1) is 0 Å². The first kappa shape index (κ1) is 17.8. The number of hydrogen-bond donors (Lipinski definition) is 0. The number of carbonyl (C=O) groups excluding carboxylic acids is 1. The molecular formula is C17H29NO. The quantitative estimate of drug-likeness (QED) is 0.799. The van der Waals surface area contributed by atoms with E-state index in [0.29, 0.717) is 0 Å². The van der Waals surface area contributed by atoms with Crippen LogP contribution in [-0.2, 0) is 11.3 Å². The summed E-state index contributed by atoms with van der Waals surface area (Å²) in [6, 6.07) is 10.7. The van der Waals surface area contributed by atoms with Crippen LogP contribution in [0.4, 0.5) is 0 Å². The van der Waals surface area contributed by atoms with Gasteiger partial charge in [-0.3, -0.25) is 4.90 Å². The number of likely N-dealkylation sites (tertiary alicyclic amines) is 1. The maximum Gasteiger partial charge on any atom is 0.126 e. The molecule has 1 aromatic carbocycles. The molecule has 1 aromatic rings. The lowest BCUT2D eigenvalue weighted by Crippen LogP contribution is -2.19. The van der Waals surface area contributed by atoms with Crippen molar-refractivity contribution in [2.45, 2.75) is 47.6 Å². The second-order valence-electron chi connectivity index (χ2n) is 5.02. The fourth-order valence-electron chi connectivity index (χ4n) is 2.01. The third-order valence-corrected chi connectivity index (χ3v) is 2.76. The van der Waals surface area contributed by atoms with Crippen molar-refractivity contribution < 1.29 is 4.79 Å². The van der Waals surface area contributed by atoms with Gasteiger partial charge >= 0.3 is 0 Å². The summed E-state index contributed by atoms with van der Waals surface area (Å²) in [5, 5.41) is 0. The van der Waals surface area contributed by atoms with Gasteiger partial charge in [-0.05, 0) is 38.3 Å². The molecule has 0 N–H and O–H groups in total. The van der Waals surface area contributed by atoms with E-state index in [1.807, 2.05) is 13.8 Å². The highest BCUT2D eigenvalue weighted by Crippen LogP contribution is 2.17. The van der Waals surface area contributed by atoms with Gasteiger partial charge in [0.05, 0.1) is 0 Å². The summed E-state index contributed by atoms with van der Waals surface area (Å²) in [5.41, 5.74) is 1.44. The SMILES string of the molecule is CC.CC(C)=O.CC1CCN(Cc2ccccc2)C1. The van der Waals surface area contributed by atoms with Crippen LogP contribution in [-0.4, -0.2) is 23.8 Å². The van der Waals surface area contributed by atoms with Gasteiger partial charge in [0.15, 0.2) is 0 Å². The van der Waals surface area contributed by atoms with E-state index in [4.69, 9.17) is 0 Å². The molecule has 0 aromatic heterocycles. The van der Waals surface area contributed by atoms with Gasteiger partial charge < -0.3 is 4.79 Å². The Kier molecular flexibility index (Phi) is 10.1. The summed E-state index contributed by atoms with van der Waals surface area (Å²) in [6.07, 6.45) is 1.37. The lowest BCUT2D eigenvalue weighted by molar-refractivity contribution is -0.114. The smallest absolute Gasteiger partial charge is 0.126 e. The minimum absolute atomic E-state index is 0.167. The Balaban J connectivity index is 0.000000467. The van der Waals surface area contributed by atoms with Gasteiger partial charge in [0.1, 0.15) is 5.78 Å². The Labute approximate surface area is 118 Å². The molecule has 2 rings (SSSR count). The summed E-state index contributed by atoms with van der Waals surface area (Å²) in [6.45, 7) is 13.1. The number of nitrogens with zero attached hydrogens (tertiary/aromatic N) is 1. The minimum Gasteiger partial charge on any atom is -0.300 e. The van der Waals surface area contributed by atoms with Crippen LogP contribution in [0, 0.1) is 5.92 Å². The molecule has 0 radical (unpaired) electrons. The second kappa shape index (κ2) is 10.7. The number of carbonyl (C=O) groups is 1. The van der Waals surface area contributed by atoms with Crippen molar-refractivity contribution in [2.75, 3.05) is 13.1 Å². The van der Waals surface area contributed by atoms with Gasteiger partial charge in [-0.1, -0.05) is 51.1 Å². The molecule has 1 atom stereocenters. The summed E-state index contributed by atoms with van der Waals surface area (Å²) in [7, 11) is 0. The van der Waals surface area contributed by atoms with Gasteiger partial charge in [-0.2, -0.15) is 0 Å². The molecule has 108 valence electrons. The molecule has 0 spiro atoms. The van der Waals surface area contributed by atoms with Gasteiger partial charge in [0.25, 0.3) is 0 Å². The zero-order valence-corrected chi connectivity index (χ0v) is 13.1. The molecule has 1 heterocycles. The van der Waals surface area contributed by atoms with E-state index in [0.717, 1.165) is 12.5 Å². The average molecular weight is 263 g/mol. The summed E-state index contributed by atoms with van der Waals surface area (Å²) >= 11 is 0. The molecule has 1 aliphatic rings. The Morgan fingerprint density at radius 1 is 1.21 bits per heavy atom. The molecule has 0 bridgehead atoms. The topological polar surface area (TPSA) is 20.3 Å². The van der Waals surface area contributed by atoms with Gasteiger partial charge in [0.2, 0.25) is 0 Å². The maximum atomic E-state index is 9.44. The standard InChI is InChI=1S/C12H17N.C3H6O.C2H6/c1-11-7-8-13(9-11)10-12-5-3-2-4-6-12;1-3(2)4;1-2/h2-6,11H,7-10H2,1H3;1-2H3;1-2H3. The Morgan fingerprint density at radius 2 is 1.74 bits per heavy atom. The van der Waals surface area contributed by atoms with Crippen LogP contribution in [0.2, 0.25) is 0 Å². The number of hydrogen-bond acceptors (Lipinski definition) is 2. The molecule has 19 heavy (non-hydrogen) atoms. The monoisotopic (exact) mass is 263 g/mol. The van der Waals surface area contributed by atoms with Crippen LogP contribution >= 0.6 is 0 Å². The Bertz CT molecular complexity index is 330. The van der Waals surface area contributed by atoms with E-state index in [-0.39, 0.29) is 5.78 Å². The predicted octanol–water partition coefficient (Wildman–Crippen LogP) is 4.15. The van der Waals surface area contributed by atoms with Gasteiger partial charge in [-0.25, -0.2) is 0 Å². The first-order valence-electron chi connectivity index (χ1n) is 7.31. The predicted molar refractivity (Wildman–Crippen MR) is 83.2 cm³/mol. The van der Waals surface area contributed by atoms with E-state index >= 15 is 0 Å². The fraction of sp³-hybridized carbons (Fsp3) is 0.588. The second-order valence-corrected chi connectivity index (χ2v) is 5.02. The molecule has 0 saturated carbocycles. The maximum absolute atomic E-state index is 9.44. The highest BCUT2D eigenvalue weighted by Gasteiger charge is 2.17. The third kappa shape index (κ3) is 9.43. The molecule has 1 fully saturated rings. The van der Waals surface area contributed by atoms with Crippen molar-refractivity contribution in [1.82, 2.24) is 4.90 Å². The van der Waals surface area contributed by atoms with Crippen molar-refractivity contribution in [2.24, 2.45) is 5.92 Å². The molecule has 0 aliphatic carbocycles. The average Bonchev–Trinajstić information content (AvgIpc) is 2.78. The summed E-state index contributed by atoms with van der Waals surface area (Å²) < 4.78 is 0. The zero-order valence-electron chi connectivity index (χ0n) is 13.1. The minimum atomic E-state index is 0.167. The van der Waals surface area contributed by atoms with E-state index < -0.39 is 0 Å². The van der Waals surface area contributed by atoms with Gasteiger partial charge in [0, 0.05) is 13.1 Å². The zero-order chi connectivity index (χ0) is 14.7. The number of benzene rings is 1. The molecule has 0 amide bonds. The lowest BCUT2D eigenvalue weighted by Gasteiger charge is -2.14. The lowest BCUT2D eigenvalue weighted by atomic mass is 10.2. The first-order chi connectivity index (χ1) is 9.08. The fourth-order valence-corrected chi connectivity index (χ4v) is 2.01. The molecular weight excluding hydrogens is 234 g/mol. The Morgan fingerprint density at radius 3 is 2.16 bits per heavy atom. The van der Waals surface area contributed by atoms with Crippen LogP contribution in [0.15, 0.2) is 30.3 Å². The van der Waals surface area contributed by atoms with Crippen molar-refractivity contribution in [3.63, 3.8) is 0 Å². The molecule has 1 aliphatic heterocycles. The van der Waals surface area contributed by atoms with Crippen molar-refractivity contribution >= 4 is 5.78 Å². The molecule has 1 unspecified atom stereocenters. The largest absolute Gasteiger partial charge is 0.300 e. The van der Waals surface area contributed by atoms with Crippen LogP contribution in [0.1, 0.15) is 46.6 Å². The summed E-state index contributed by atoms with van der Waals surface area (Å²) in [5.74, 6) is 1.06. The highest BCUT2D eigenvalue weighted by molar-refractivity contribution is 5.72. The molecule has 2 heteroatoms. The van der Waals surface area contributed by atoms with Crippen molar-refractivity contribution in [3.8, 4) is 0 Å². The summed E-state index contributed by atoms with van der Waals surface area (Å²) in [4.78, 5) is 12.0. The number of Topliss-reactive ketones (excluding diaryl/α,β-unsaturated/α-hetero) is 1. The van der Waals surface area contributed by atoms with Crippen LogP contribution in [0.25, 0.3) is 0 Å². The van der Waals surface area contributed by atoms with E-state index in [1.165, 1.54) is 38.9 Å². The first-order valence-corrected chi connectivity index (χ1v) is 7.31.